The number of thiazole rings is 1. The molecule has 31 heavy (non-hydrogen) atoms. The van der Waals surface area contributed by atoms with E-state index in [4.69, 9.17) is 0 Å². The highest BCUT2D eigenvalue weighted by Crippen LogP contribution is 2.69. The van der Waals surface area contributed by atoms with Crippen molar-refractivity contribution in [2.45, 2.75) is 78.2 Å². The van der Waals surface area contributed by atoms with E-state index in [2.05, 4.69) is 31.8 Å². The van der Waals surface area contributed by atoms with Crippen molar-refractivity contribution in [3.8, 4) is 0 Å². The largest absolute Gasteiger partial charge is 0.481 e. The third-order valence-electron chi connectivity index (χ3n) is 9.54. The van der Waals surface area contributed by atoms with Gasteiger partial charge in [-0.3, -0.25) is 9.78 Å². The van der Waals surface area contributed by atoms with Gasteiger partial charge in [0.25, 0.3) is 0 Å². The Hall–Kier alpha value is -1.46. The Balaban J connectivity index is 1.59. The molecule has 0 amide bonds. The lowest BCUT2D eigenvalue weighted by Crippen LogP contribution is -2.52. The van der Waals surface area contributed by atoms with Gasteiger partial charge in [-0.2, -0.15) is 0 Å². The highest BCUT2D eigenvalue weighted by molar-refractivity contribution is 7.10. The molecule has 0 spiro atoms. The number of aromatic nitrogens is 1. The number of nitrogens with zero attached hydrogens (tertiary/aromatic N) is 1. The van der Waals surface area contributed by atoms with Crippen LogP contribution in [-0.4, -0.2) is 27.3 Å². The smallest absolute Gasteiger partial charge is 0.307 e. The Morgan fingerprint density at radius 2 is 1.97 bits per heavy atom. The van der Waals surface area contributed by atoms with E-state index >= 15 is 0 Å². The van der Waals surface area contributed by atoms with E-state index in [1.54, 1.807) is 11.3 Å². The summed E-state index contributed by atoms with van der Waals surface area (Å²) in [5.41, 5.74) is 6.04. The predicted molar refractivity (Wildman–Crippen MR) is 124 cm³/mol. The molecule has 2 N–H and O–H groups in total. The maximum Gasteiger partial charge on any atom is 0.307 e. The van der Waals surface area contributed by atoms with Crippen LogP contribution in [0.15, 0.2) is 28.9 Å². The lowest BCUT2D eigenvalue weighted by atomic mass is 9.45. The molecule has 1 aromatic heterocycles. The first kappa shape index (κ1) is 21.4. The molecular formula is C26H35NO3S. The highest BCUT2D eigenvalue weighted by atomic mass is 32.1. The third kappa shape index (κ3) is 3.18. The van der Waals surface area contributed by atoms with Crippen LogP contribution in [-0.2, 0) is 4.79 Å². The summed E-state index contributed by atoms with van der Waals surface area (Å²) in [6, 6.07) is 0. The van der Waals surface area contributed by atoms with Crippen LogP contribution in [0.5, 0.6) is 0 Å². The maximum atomic E-state index is 11.8. The molecule has 1 heterocycles. The molecule has 5 heteroatoms. The SMILES string of the molecule is CCC1C=C2CC(O)CC[C@]2(C)[C@@H]2CC[C@]3(C)C(c4cncs4)=C(CC(=O)O)C[C@H]3[C@H]12. The average molecular weight is 442 g/mol. The number of carboxylic acid groups (broad SMARTS) is 1. The zero-order chi connectivity index (χ0) is 22.0. The van der Waals surface area contributed by atoms with E-state index in [1.807, 2.05) is 11.7 Å². The number of hydrogen-bond donors (Lipinski definition) is 2. The number of rotatable bonds is 4. The molecule has 4 aliphatic rings. The Morgan fingerprint density at radius 1 is 1.19 bits per heavy atom. The molecule has 0 aromatic carbocycles. The summed E-state index contributed by atoms with van der Waals surface area (Å²) in [4.78, 5) is 17.3. The van der Waals surface area contributed by atoms with Crippen molar-refractivity contribution >= 4 is 22.9 Å². The van der Waals surface area contributed by atoms with Crippen molar-refractivity contribution < 1.29 is 15.0 Å². The summed E-state index contributed by atoms with van der Waals surface area (Å²) >= 11 is 1.66. The van der Waals surface area contributed by atoms with E-state index < -0.39 is 5.97 Å². The van der Waals surface area contributed by atoms with Crippen molar-refractivity contribution in [1.82, 2.24) is 4.98 Å². The van der Waals surface area contributed by atoms with E-state index in [9.17, 15) is 15.0 Å². The Labute approximate surface area is 189 Å². The standard InChI is InChI=1S/C26H35NO3S/c1-4-15-9-17-12-18(28)5-7-25(17,2)19-6-8-26(3)20(23(15)19)10-16(11-22(29)30)24(26)21-13-27-14-31-21/h9,13-15,18-20,23,28H,4-8,10-12H2,1-3H3,(H,29,30)/t15?,18?,19-,20+,23-,25+,26+/m1/s1. The first-order chi connectivity index (χ1) is 14.8. The topological polar surface area (TPSA) is 70.4 Å². The molecule has 2 saturated carbocycles. The fourth-order valence-corrected chi connectivity index (χ4v) is 8.97. The number of fused-ring (bicyclic) bond motifs is 5. The Morgan fingerprint density at radius 3 is 2.65 bits per heavy atom. The van der Waals surface area contributed by atoms with Gasteiger partial charge >= 0.3 is 5.97 Å². The zero-order valence-electron chi connectivity index (χ0n) is 18.9. The van der Waals surface area contributed by atoms with E-state index in [0.29, 0.717) is 23.7 Å². The predicted octanol–water partition coefficient (Wildman–Crippen LogP) is 5.94. The summed E-state index contributed by atoms with van der Waals surface area (Å²) in [7, 11) is 0. The highest BCUT2D eigenvalue weighted by Gasteiger charge is 2.60. The monoisotopic (exact) mass is 441 g/mol. The van der Waals surface area contributed by atoms with E-state index in [1.165, 1.54) is 22.4 Å². The minimum atomic E-state index is -0.720. The molecule has 2 unspecified atom stereocenters. The minimum absolute atomic E-state index is 0.0296. The van der Waals surface area contributed by atoms with Crippen molar-refractivity contribution in [3.05, 3.63) is 33.8 Å². The molecule has 4 aliphatic carbocycles. The molecule has 4 nitrogen and oxygen atoms in total. The van der Waals surface area contributed by atoms with Crippen molar-refractivity contribution in [2.24, 2.45) is 34.5 Å². The quantitative estimate of drug-likeness (QED) is 0.567. The van der Waals surface area contributed by atoms with Crippen molar-refractivity contribution in [3.63, 3.8) is 0 Å². The van der Waals surface area contributed by atoms with Crippen molar-refractivity contribution in [2.75, 3.05) is 0 Å². The summed E-state index contributed by atoms with van der Waals surface area (Å²) < 4.78 is 0. The summed E-state index contributed by atoms with van der Waals surface area (Å²) in [6.45, 7) is 7.18. The second-order valence-corrected chi connectivity index (χ2v) is 11.8. The number of carbonyl (C=O) groups is 1. The number of aliphatic hydroxyl groups excluding tert-OH is 1. The minimum Gasteiger partial charge on any atom is -0.481 e. The second kappa shape index (κ2) is 7.55. The van der Waals surface area contributed by atoms with Crippen LogP contribution in [0.2, 0.25) is 0 Å². The molecule has 0 radical (unpaired) electrons. The molecule has 7 atom stereocenters. The lowest BCUT2D eigenvalue weighted by Gasteiger charge is -2.59. The van der Waals surface area contributed by atoms with Crippen LogP contribution in [0.3, 0.4) is 0 Å². The van der Waals surface area contributed by atoms with Crippen LogP contribution < -0.4 is 0 Å². The normalized spacial score (nSPS) is 41.9. The van der Waals surface area contributed by atoms with Gasteiger partial charge < -0.3 is 10.2 Å². The summed E-state index contributed by atoms with van der Waals surface area (Å²) in [5, 5.41) is 20.0. The van der Waals surface area contributed by atoms with Gasteiger partial charge in [0.15, 0.2) is 0 Å². The summed E-state index contributed by atoms with van der Waals surface area (Å²) in [5.74, 6) is 1.51. The molecule has 5 rings (SSSR count). The average Bonchev–Trinajstić information content (AvgIpc) is 3.32. The van der Waals surface area contributed by atoms with Crippen LogP contribution in [0.4, 0.5) is 0 Å². The zero-order valence-corrected chi connectivity index (χ0v) is 19.8. The van der Waals surface area contributed by atoms with Gasteiger partial charge in [-0.15, -0.1) is 11.3 Å². The maximum absolute atomic E-state index is 11.8. The Kier molecular flexibility index (Phi) is 5.21. The number of aliphatic carboxylic acids is 1. The molecule has 1 aromatic rings. The first-order valence-corrected chi connectivity index (χ1v) is 12.9. The molecule has 168 valence electrons. The Bertz CT molecular complexity index is 934. The lowest BCUT2D eigenvalue weighted by molar-refractivity contribution is -0.136. The van der Waals surface area contributed by atoms with Gasteiger partial charge in [-0.25, -0.2) is 0 Å². The number of aliphatic hydroxyl groups is 1. The molecular weight excluding hydrogens is 406 g/mol. The first-order valence-electron chi connectivity index (χ1n) is 12.0. The van der Waals surface area contributed by atoms with Gasteiger partial charge in [0, 0.05) is 6.20 Å². The summed E-state index contributed by atoms with van der Waals surface area (Å²) in [6.07, 6.45) is 11.6. The number of allylic oxidation sites excluding steroid dienone is 2. The van der Waals surface area contributed by atoms with Crippen LogP contribution in [0.25, 0.3) is 5.57 Å². The molecule has 2 fully saturated rings. The number of hydrogen-bond acceptors (Lipinski definition) is 4. The number of carboxylic acids is 1. The van der Waals surface area contributed by atoms with Crippen LogP contribution in [0.1, 0.15) is 77.0 Å². The fraction of sp³-hybridized carbons (Fsp3) is 0.692. The fourth-order valence-electron chi connectivity index (χ4n) is 8.12. The molecule has 0 aliphatic heterocycles. The van der Waals surface area contributed by atoms with E-state index in [0.717, 1.165) is 44.1 Å². The third-order valence-corrected chi connectivity index (χ3v) is 10.3. The van der Waals surface area contributed by atoms with Gasteiger partial charge in [0.2, 0.25) is 0 Å². The van der Waals surface area contributed by atoms with Gasteiger partial charge in [0.1, 0.15) is 0 Å². The van der Waals surface area contributed by atoms with Crippen LogP contribution >= 0.6 is 11.3 Å². The molecule has 0 saturated heterocycles. The second-order valence-electron chi connectivity index (χ2n) is 10.9. The van der Waals surface area contributed by atoms with Crippen LogP contribution in [0, 0.1) is 34.5 Å². The van der Waals surface area contributed by atoms with Gasteiger partial charge in [0.05, 0.1) is 22.9 Å². The van der Waals surface area contributed by atoms with Gasteiger partial charge in [-0.1, -0.05) is 38.0 Å². The van der Waals surface area contributed by atoms with Crippen molar-refractivity contribution in [1.29, 1.82) is 0 Å². The van der Waals surface area contributed by atoms with E-state index in [-0.39, 0.29) is 23.4 Å². The molecule has 0 bridgehead atoms. The van der Waals surface area contributed by atoms with Gasteiger partial charge in [-0.05, 0) is 85.0 Å².